The summed E-state index contributed by atoms with van der Waals surface area (Å²) in [6.45, 7) is 2.08. The van der Waals surface area contributed by atoms with Crippen molar-refractivity contribution in [2.24, 2.45) is 0 Å². The Labute approximate surface area is 132 Å². The van der Waals surface area contributed by atoms with Crippen LogP contribution in [0.15, 0.2) is 57.4 Å². The van der Waals surface area contributed by atoms with E-state index >= 15 is 0 Å². The Kier molecular flexibility index (Phi) is 3.88. The van der Waals surface area contributed by atoms with Gasteiger partial charge in [0.2, 0.25) is 0 Å². The van der Waals surface area contributed by atoms with Crippen LogP contribution in [0.3, 0.4) is 0 Å². The second-order valence-corrected chi connectivity index (χ2v) is 5.76. The summed E-state index contributed by atoms with van der Waals surface area (Å²) >= 11 is 3.45. The number of hydrogen-bond acceptors (Lipinski definition) is 3. The standard InChI is InChI=1S/C17H16BrNO2/c1-11(16-9-12-5-3-4-6-15(12)21-16)19-13-7-8-14(18)17(10-13)20-2/h3-11,19H,1-2H3. The first kappa shape index (κ1) is 14.0. The second-order valence-electron chi connectivity index (χ2n) is 4.90. The first-order valence-electron chi connectivity index (χ1n) is 6.76. The van der Waals surface area contributed by atoms with E-state index in [1.54, 1.807) is 7.11 Å². The largest absolute Gasteiger partial charge is 0.495 e. The maximum absolute atomic E-state index is 5.88. The van der Waals surface area contributed by atoms with Gasteiger partial charge in [0.25, 0.3) is 0 Å². The summed E-state index contributed by atoms with van der Waals surface area (Å²) in [6.07, 6.45) is 0. The van der Waals surface area contributed by atoms with Crippen molar-refractivity contribution in [3.05, 3.63) is 58.8 Å². The lowest BCUT2D eigenvalue weighted by Gasteiger charge is -2.14. The molecule has 0 aliphatic rings. The van der Waals surface area contributed by atoms with Crippen molar-refractivity contribution in [1.82, 2.24) is 0 Å². The third kappa shape index (κ3) is 2.90. The number of nitrogens with one attached hydrogen (secondary N) is 1. The normalized spacial score (nSPS) is 12.3. The minimum absolute atomic E-state index is 0.0725. The summed E-state index contributed by atoms with van der Waals surface area (Å²) < 4.78 is 12.1. The minimum atomic E-state index is 0.0725. The van der Waals surface area contributed by atoms with Gasteiger partial charge in [0.15, 0.2) is 0 Å². The predicted molar refractivity (Wildman–Crippen MR) is 88.9 cm³/mol. The molecule has 108 valence electrons. The van der Waals surface area contributed by atoms with E-state index in [2.05, 4.69) is 40.3 Å². The van der Waals surface area contributed by atoms with Gasteiger partial charge in [-0.3, -0.25) is 0 Å². The lowest BCUT2D eigenvalue weighted by molar-refractivity contribution is 0.412. The number of ether oxygens (including phenoxy) is 1. The third-order valence-corrected chi connectivity index (χ3v) is 4.06. The monoisotopic (exact) mass is 345 g/mol. The molecule has 4 heteroatoms. The number of hydrogen-bond donors (Lipinski definition) is 1. The molecular formula is C17H16BrNO2. The maximum Gasteiger partial charge on any atom is 0.135 e. The zero-order chi connectivity index (χ0) is 14.8. The number of benzene rings is 2. The summed E-state index contributed by atoms with van der Waals surface area (Å²) in [5, 5.41) is 4.55. The van der Waals surface area contributed by atoms with Crippen LogP contribution in [0.4, 0.5) is 5.69 Å². The zero-order valence-electron chi connectivity index (χ0n) is 11.9. The van der Waals surface area contributed by atoms with Crippen molar-refractivity contribution < 1.29 is 9.15 Å². The molecule has 0 bridgehead atoms. The highest BCUT2D eigenvalue weighted by atomic mass is 79.9. The number of anilines is 1. The Morgan fingerprint density at radius 1 is 1.14 bits per heavy atom. The molecule has 0 saturated carbocycles. The average Bonchev–Trinajstić information content (AvgIpc) is 2.93. The van der Waals surface area contributed by atoms with Crippen LogP contribution in [0.5, 0.6) is 5.75 Å². The molecule has 1 heterocycles. The Balaban J connectivity index is 1.83. The molecule has 0 saturated heterocycles. The topological polar surface area (TPSA) is 34.4 Å². The van der Waals surface area contributed by atoms with E-state index in [1.807, 2.05) is 36.4 Å². The molecule has 1 atom stereocenters. The van der Waals surface area contributed by atoms with Gasteiger partial charge in [0, 0.05) is 17.1 Å². The van der Waals surface area contributed by atoms with Gasteiger partial charge in [0.1, 0.15) is 17.1 Å². The van der Waals surface area contributed by atoms with Gasteiger partial charge in [-0.15, -0.1) is 0 Å². The van der Waals surface area contributed by atoms with Crippen molar-refractivity contribution in [2.75, 3.05) is 12.4 Å². The molecule has 3 aromatic rings. The summed E-state index contributed by atoms with van der Waals surface area (Å²) in [7, 11) is 1.66. The van der Waals surface area contributed by atoms with Crippen LogP contribution in [0.1, 0.15) is 18.7 Å². The van der Waals surface area contributed by atoms with Crippen LogP contribution in [0.2, 0.25) is 0 Å². The molecule has 1 N–H and O–H groups in total. The Morgan fingerprint density at radius 3 is 2.71 bits per heavy atom. The fraction of sp³-hybridized carbons (Fsp3) is 0.176. The van der Waals surface area contributed by atoms with Gasteiger partial charge < -0.3 is 14.5 Å². The number of methoxy groups -OCH3 is 1. The minimum Gasteiger partial charge on any atom is -0.495 e. The van der Waals surface area contributed by atoms with Crippen molar-refractivity contribution in [1.29, 1.82) is 0 Å². The number of furan rings is 1. The molecule has 0 fully saturated rings. The number of para-hydroxylation sites is 1. The van der Waals surface area contributed by atoms with Crippen LogP contribution in [0.25, 0.3) is 11.0 Å². The fourth-order valence-electron chi connectivity index (χ4n) is 2.29. The molecule has 0 spiro atoms. The Morgan fingerprint density at radius 2 is 1.95 bits per heavy atom. The number of rotatable bonds is 4. The average molecular weight is 346 g/mol. The Hall–Kier alpha value is -1.94. The number of halogens is 1. The van der Waals surface area contributed by atoms with Crippen molar-refractivity contribution in [2.45, 2.75) is 13.0 Å². The van der Waals surface area contributed by atoms with Crippen LogP contribution >= 0.6 is 15.9 Å². The fourth-order valence-corrected chi connectivity index (χ4v) is 2.70. The highest BCUT2D eigenvalue weighted by Gasteiger charge is 2.12. The van der Waals surface area contributed by atoms with Crippen molar-refractivity contribution in [3.8, 4) is 5.75 Å². The van der Waals surface area contributed by atoms with Gasteiger partial charge in [-0.1, -0.05) is 18.2 Å². The second kappa shape index (κ2) is 5.82. The zero-order valence-corrected chi connectivity index (χ0v) is 13.5. The molecule has 3 rings (SSSR count). The first-order chi connectivity index (χ1) is 10.2. The predicted octanol–water partition coefficient (Wildman–Crippen LogP) is 5.38. The van der Waals surface area contributed by atoms with E-state index in [9.17, 15) is 0 Å². The SMILES string of the molecule is COc1cc(NC(C)c2cc3ccccc3o2)ccc1Br. The van der Waals surface area contributed by atoms with Crippen LogP contribution in [-0.2, 0) is 0 Å². The van der Waals surface area contributed by atoms with Crippen LogP contribution in [-0.4, -0.2) is 7.11 Å². The lowest BCUT2D eigenvalue weighted by Crippen LogP contribution is -2.05. The summed E-state index contributed by atoms with van der Waals surface area (Å²) in [6, 6.07) is 16.1. The Bertz CT molecular complexity index is 733. The van der Waals surface area contributed by atoms with Gasteiger partial charge in [-0.2, -0.15) is 0 Å². The summed E-state index contributed by atoms with van der Waals surface area (Å²) in [4.78, 5) is 0. The van der Waals surface area contributed by atoms with E-state index in [0.717, 1.165) is 32.6 Å². The quantitative estimate of drug-likeness (QED) is 0.689. The molecule has 0 aliphatic heterocycles. The molecular weight excluding hydrogens is 330 g/mol. The highest BCUT2D eigenvalue weighted by molar-refractivity contribution is 9.10. The van der Waals surface area contributed by atoms with Crippen LogP contribution in [0, 0.1) is 0 Å². The van der Waals surface area contributed by atoms with Crippen molar-refractivity contribution >= 4 is 32.6 Å². The van der Waals surface area contributed by atoms with Crippen molar-refractivity contribution in [3.63, 3.8) is 0 Å². The van der Waals surface area contributed by atoms with E-state index in [4.69, 9.17) is 9.15 Å². The van der Waals surface area contributed by atoms with Gasteiger partial charge >= 0.3 is 0 Å². The first-order valence-corrected chi connectivity index (χ1v) is 7.55. The molecule has 3 nitrogen and oxygen atoms in total. The summed E-state index contributed by atoms with van der Waals surface area (Å²) in [5.74, 6) is 1.72. The van der Waals surface area contributed by atoms with Gasteiger partial charge in [-0.05, 0) is 47.1 Å². The maximum atomic E-state index is 5.88. The third-order valence-electron chi connectivity index (χ3n) is 3.41. The van der Waals surface area contributed by atoms with Crippen LogP contribution < -0.4 is 10.1 Å². The molecule has 1 aromatic heterocycles. The number of fused-ring (bicyclic) bond motifs is 1. The van der Waals surface area contributed by atoms with Gasteiger partial charge in [-0.25, -0.2) is 0 Å². The molecule has 0 aliphatic carbocycles. The smallest absolute Gasteiger partial charge is 0.135 e. The molecule has 0 amide bonds. The molecule has 1 unspecified atom stereocenters. The molecule has 0 radical (unpaired) electrons. The van der Waals surface area contributed by atoms with E-state index in [1.165, 1.54) is 0 Å². The summed E-state index contributed by atoms with van der Waals surface area (Å²) in [5.41, 5.74) is 1.90. The molecule has 2 aromatic carbocycles. The van der Waals surface area contributed by atoms with E-state index in [-0.39, 0.29) is 6.04 Å². The lowest BCUT2D eigenvalue weighted by atomic mass is 10.2. The van der Waals surface area contributed by atoms with Gasteiger partial charge in [0.05, 0.1) is 17.6 Å². The highest BCUT2D eigenvalue weighted by Crippen LogP contribution is 2.31. The van der Waals surface area contributed by atoms with E-state index < -0.39 is 0 Å². The van der Waals surface area contributed by atoms with E-state index in [0.29, 0.717) is 0 Å². The molecule has 21 heavy (non-hydrogen) atoms.